The van der Waals surface area contributed by atoms with Crippen molar-refractivity contribution in [1.82, 2.24) is 10.2 Å². The molecule has 0 radical (unpaired) electrons. The Morgan fingerprint density at radius 1 is 1.12 bits per heavy atom. The van der Waals surface area contributed by atoms with Gasteiger partial charge in [-0.25, -0.2) is 0 Å². The zero-order chi connectivity index (χ0) is 23.3. The van der Waals surface area contributed by atoms with E-state index in [1.165, 1.54) is 6.07 Å². The number of nitro benzene ring substituents is 1. The summed E-state index contributed by atoms with van der Waals surface area (Å²) in [6.45, 7) is 6.06. The standard InChI is InChI=1S/C22H26ClN5O4/c1-15(2)24-22(30)16-7-8-19(20(13-16)28(31)32)27-11-9-26(10-12-27)14-21(29)25-18-6-4-3-5-17(18)23/h3-8,13,15H,9-12,14H2,1-2H3,(H,24,30)(H,25,29). The van der Waals surface area contributed by atoms with Gasteiger partial charge in [0.1, 0.15) is 5.69 Å². The smallest absolute Gasteiger partial charge is 0.293 e. The Bertz CT molecular complexity index is 1010. The van der Waals surface area contributed by atoms with Crippen LogP contribution in [0, 0.1) is 10.1 Å². The number of benzene rings is 2. The van der Waals surface area contributed by atoms with Crippen LogP contribution in [0.3, 0.4) is 0 Å². The second-order valence-electron chi connectivity index (χ2n) is 7.88. The first-order chi connectivity index (χ1) is 15.2. The zero-order valence-electron chi connectivity index (χ0n) is 18.0. The highest BCUT2D eigenvalue weighted by Crippen LogP contribution is 2.30. The third-order valence-corrected chi connectivity index (χ3v) is 5.41. The van der Waals surface area contributed by atoms with Crippen LogP contribution >= 0.6 is 11.6 Å². The van der Waals surface area contributed by atoms with E-state index in [1.807, 2.05) is 23.6 Å². The highest BCUT2D eigenvalue weighted by atomic mass is 35.5. The Labute approximate surface area is 191 Å². The molecule has 1 fully saturated rings. The molecule has 32 heavy (non-hydrogen) atoms. The molecule has 0 atom stereocenters. The number of para-hydroxylation sites is 1. The highest BCUT2D eigenvalue weighted by Gasteiger charge is 2.26. The molecular weight excluding hydrogens is 434 g/mol. The van der Waals surface area contributed by atoms with Gasteiger partial charge in [-0.1, -0.05) is 23.7 Å². The molecule has 3 rings (SSSR count). The molecule has 0 saturated carbocycles. The second-order valence-corrected chi connectivity index (χ2v) is 8.29. The Balaban J connectivity index is 1.61. The molecule has 9 nitrogen and oxygen atoms in total. The molecule has 1 aliphatic rings. The molecule has 0 aliphatic carbocycles. The largest absolute Gasteiger partial charge is 0.363 e. The van der Waals surface area contributed by atoms with Gasteiger partial charge in [-0.2, -0.15) is 0 Å². The number of nitrogens with one attached hydrogen (secondary N) is 2. The first-order valence-electron chi connectivity index (χ1n) is 10.4. The van der Waals surface area contributed by atoms with E-state index < -0.39 is 4.92 Å². The molecule has 0 unspecified atom stereocenters. The lowest BCUT2D eigenvalue weighted by Gasteiger charge is -2.35. The van der Waals surface area contributed by atoms with Crippen molar-refractivity contribution >= 4 is 40.5 Å². The minimum atomic E-state index is -0.467. The van der Waals surface area contributed by atoms with Gasteiger partial charge in [0.15, 0.2) is 0 Å². The second kappa shape index (κ2) is 10.4. The van der Waals surface area contributed by atoms with Gasteiger partial charge in [-0.15, -0.1) is 0 Å². The third kappa shape index (κ3) is 5.95. The summed E-state index contributed by atoms with van der Waals surface area (Å²) >= 11 is 6.08. The molecule has 1 saturated heterocycles. The summed E-state index contributed by atoms with van der Waals surface area (Å²) < 4.78 is 0. The van der Waals surface area contributed by atoms with Crippen LogP contribution in [-0.4, -0.2) is 60.4 Å². The van der Waals surface area contributed by atoms with Crippen molar-refractivity contribution in [2.24, 2.45) is 0 Å². The summed E-state index contributed by atoms with van der Waals surface area (Å²) in [4.78, 5) is 39.6. The monoisotopic (exact) mass is 459 g/mol. The van der Waals surface area contributed by atoms with Crippen molar-refractivity contribution < 1.29 is 14.5 Å². The summed E-state index contributed by atoms with van der Waals surface area (Å²) in [5.74, 6) is -0.512. The maximum atomic E-state index is 12.4. The van der Waals surface area contributed by atoms with Crippen LogP contribution in [0.1, 0.15) is 24.2 Å². The van der Waals surface area contributed by atoms with Crippen molar-refractivity contribution in [3.8, 4) is 0 Å². The summed E-state index contributed by atoms with van der Waals surface area (Å²) in [6.07, 6.45) is 0. The number of halogens is 1. The quantitative estimate of drug-likeness (QED) is 0.486. The number of hydrogen-bond donors (Lipinski definition) is 2. The molecule has 0 spiro atoms. The van der Waals surface area contributed by atoms with Gasteiger partial charge >= 0.3 is 0 Å². The molecule has 1 aliphatic heterocycles. The fourth-order valence-corrected chi connectivity index (χ4v) is 3.71. The molecule has 2 amide bonds. The van der Waals surface area contributed by atoms with E-state index in [0.29, 0.717) is 42.6 Å². The van der Waals surface area contributed by atoms with E-state index in [0.717, 1.165) is 0 Å². The van der Waals surface area contributed by atoms with Gasteiger partial charge in [-0.3, -0.25) is 24.6 Å². The van der Waals surface area contributed by atoms with E-state index >= 15 is 0 Å². The van der Waals surface area contributed by atoms with Crippen LogP contribution in [0.4, 0.5) is 17.1 Å². The average molecular weight is 460 g/mol. The molecular formula is C22H26ClN5O4. The fraction of sp³-hybridized carbons (Fsp3) is 0.364. The van der Waals surface area contributed by atoms with E-state index in [4.69, 9.17) is 11.6 Å². The predicted molar refractivity (Wildman–Crippen MR) is 124 cm³/mol. The highest BCUT2D eigenvalue weighted by molar-refractivity contribution is 6.33. The van der Waals surface area contributed by atoms with Gasteiger partial charge in [0.05, 0.1) is 22.2 Å². The van der Waals surface area contributed by atoms with E-state index in [-0.39, 0.29) is 35.7 Å². The van der Waals surface area contributed by atoms with Crippen molar-refractivity contribution in [1.29, 1.82) is 0 Å². The third-order valence-electron chi connectivity index (χ3n) is 5.08. The van der Waals surface area contributed by atoms with Crippen molar-refractivity contribution in [3.05, 3.63) is 63.2 Å². The topological polar surface area (TPSA) is 108 Å². The van der Waals surface area contributed by atoms with E-state index in [2.05, 4.69) is 10.6 Å². The molecule has 170 valence electrons. The number of rotatable bonds is 7. The average Bonchev–Trinajstić information content (AvgIpc) is 2.75. The maximum Gasteiger partial charge on any atom is 0.293 e. The van der Waals surface area contributed by atoms with Crippen molar-refractivity contribution in [2.75, 3.05) is 42.9 Å². The summed E-state index contributed by atoms with van der Waals surface area (Å²) in [5.41, 5.74) is 1.18. The van der Waals surface area contributed by atoms with Crippen molar-refractivity contribution in [2.45, 2.75) is 19.9 Å². The molecule has 0 aromatic heterocycles. The molecule has 2 aromatic rings. The molecule has 10 heteroatoms. The predicted octanol–water partition coefficient (Wildman–Crippen LogP) is 3.15. The minimum Gasteiger partial charge on any atom is -0.363 e. The number of anilines is 2. The van der Waals surface area contributed by atoms with Gasteiger partial charge in [-0.05, 0) is 38.1 Å². The lowest BCUT2D eigenvalue weighted by atomic mass is 10.1. The number of carbonyl (C=O) groups is 2. The number of piperazine rings is 1. The van der Waals surface area contributed by atoms with Crippen LogP contribution in [0.25, 0.3) is 0 Å². The van der Waals surface area contributed by atoms with Gasteiger partial charge in [0, 0.05) is 43.9 Å². The van der Waals surface area contributed by atoms with Crippen LogP contribution < -0.4 is 15.5 Å². The van der Waals surface area contributed by atoms with Crippen LogP contribution in [-0.2, 0) is 4.79 Å². The minimum absolute atomic E-state index is 0.0653. The Morgan fingerprint density at radius 3 is 2.44 bits per heavy atom. The van der Waals surface area contributed by atoms with Gasteiger partial charge < -0.3 is 15.5 Å². The Kier molecular flexibility index (Phi) is 7.66. The lowest BCUT2D eigenvalue weighted by Crippen LogP contribution is -2.48. The Hall–Kier alpha value is -3.17. The maximum absolute atomic E-state index is 12.4. The molecule has 0 bridgehead atoms. The number of hydrogen-bond acceptors (Lipinski definition) is 6. The SMILES string of the molecule is CC(C)NC(=O)c1ccc(N2CCN(CC(=O)Nc3ccccc3Cl)CC2)c([N+](=O)[O-])c1. The van der Waals surface area contributed by atoms with Crippen molar-refractivity contribution in [3.63, 3.8) is 0 Å². The zero-order valence-corrected chi connectivity index (χ0v) is 18.8. The molecule has 2 aromatic carbocycles. The normalized spacial score (nSPS) is 14.3. The van der Waals surface area contributed by atoms with E-state index in [9.17, 15) is 19.7 Å². The lowest BCUT2D eigenvalue weighted by molar-refractivity contribution is -0.384. The summed E-state index contributed by atoms with van der Waals surface area (Å²) in [7, 11) is 0. The summed E-state index contributed by atoms with van der Waals surface area (Å²) in [5, 5.41) is 17.7. The van der Waals surface area contributed by atoms with E-state index in [1.54, 1.807) is 36.4 Å². The van der Waals surface area contributed by atoms with Gasteiger partial charge in [0.25, 0.3) is 11.6 Å². The van der Waals surface area contributed by atoms with Gasteiger partial charge in [0.2, 0.25) is 5.91 Å². The summed E-state index contributed by atoms with van der Waals surface area (Å²) in [6, 6.07) is 11.5. The molecule has 1 heterocycles. The Morgan fingerprint density at radius 2 is 1.81 bits per heavy atom. The van der Waals surface area contributed by atoms with Crippen LogP contribution in [0.2, 0.25) is 5.02 Å². The number of nitrogens with zero attached hydrogens (tertiary/aromatic N) is 3. The fourth-order valence-electron chi connectivity index (χ4n) is 3.53. The number of carbonyl (C=O) groups excluding carboxylic acids is 2. The molecule has 2 N–H and O–H groups in total. The first-order valence-corrected chi connectivity index (χ1v) is 10.7. The number of amides is 2. The van der Waals surface area contributed by atoms with Crippen LogP contribution in [0.15, 0.2) is 42.5 Å². The number of nitro groups is 1. The van der Waals surface area contributed by atoms with Crippen LogP contribution in [0.5, 0.6) is 0 Å². The first kappa shape index (κ1) is 23.5.